The molecule has 1 N–H and O–H groups in total. The van der Waals surface area contributed by atoms with Crippen LogP contribution in [0.1, 0.15) is 35.7 Å². The van der Waals surface area contributed by atoms with E-state index in [9.17, 15) is 24.5 Å². The molecule has 3 aromatic rings. The molecule has 3 rings (SSSR count). The minimum atomic E-state index is -0.572. The fraction of sp³-hybridized carbons (Fsp3) is 0.263. The molecule has 0 aliphatic rings. The number of carbonyl (C=O) groups is 1. The Hall–Kier alpha value is -3.82. The van der Waals surface area contributed by atoms with E-state index < -0.39 is 22.1 Å². The number of rotatable bonds is 4. The first-order valence-corrected chi connectivity index (χ1v) is 8.78. The highest BCUT2D eigenvalue weighted by molar-refractivity contribution is 6.09. The Kier molecular flexibility index (Phi) is 5.02. The summed E-state index contributed by atoms with van der Waals surface area (Å²) < 4.78 is 2.19. The predicted octanol–water partition coefficient (Wildman–Crippen LogP) is 1.92. The number of nitrogens with one attached hydrogen (secondary N) is 1. The zero-order valence-corrected chi connectivity index (χ0v) is 16.3. The molecule has 0 saturated heterocycles. The van der Waals surface area contributed by atoms with E-state index in [1.807, 2.05) is 13.8 Å². The summed E-state index contributed by atoms with van der Waals surface area (Å²) in [6.45, 7) is 3.77. The summed E-state index contributed by atoms with van der Waals surface area (Å²) in [5, 5.41) is 13.7. The van der Waals surface area contributed by atoms with Gasteiger partial charge in [0.15, 0.2) is 5.65 Å². The summed E-state index contributed by atoms with van der Waals surface area (Å²) in [7, 11) is 2.85. The predicted molar refractivity (Wildman–Crippen MR) is 107 cm³/mol. The van der Waals surface area contributed by atoms with Crippen molar-refractivity contribution in [1.29, 1.82) is 0 Å². The van der Waals surface area contributed by atoms with Gasteiger partial charge in [-0.25, -0.2) is 9.78 Å². The van der Waals surface area contributed by atoms with Crippen LogP contribution < -0.4 is 16.6 Å². The molecular weight excluding hydrogens is 378 g/mol. The molecule has 2 heterocycles. The monoisotopic (exact) mass is 397 g/mol. The number of hydrogen-bond acceptors (Lipinski definition) is 6. The van der Waals surface area contributed by atoms with Crippen LogP contribution in [0.4, 0.5) is 11.4 Å². The van der Waals surface area contributed by atoms with Gasteiger partial charge in [0.25, 0.3) is 17.2 Å². The van der Waals surface area contributed by atoms with Crippen molar-refractivity contribution < 1.29 is 9.72 Å². The molecule has 150 valence electrons. The second-order valence-electron chi connectivity index (χ2n) is 6.91. The van der Waals surface area contributed by atoms with E-state index in [2.05, 4.69) is 10.3 Å². The van der Waals surface area contributed by atoms with Crippen LogP contribution in [0, 0.1) is 10.1 Å². The maximum Gasteiger partial charge on any atom is 0.332 e. The van der Waals surface area contributed by atoms with Gasteiger partial charge in [-0.1, -0.05) is 13.8 Å². The molecule has 1 aromatic carbocycles. The van der Waals surface area contributed by atoms with Crippen LogP contribution in [-0.2, 0) is 14.1 Å². The van der Waals surface area contributed by atoms with E-state index in [-0.39, 0.29) is 33.9 Å². The van der Waals surface area contributed by atoms with Crippen LogP contribution >= 0.6 is 0 Å². The second kappa shape index (κ2) is 7.30. The zero-order chi connectivity index (χ0) is 21.5. The quantitative estimate of drug-likeness (QED) is 0.529. The molecule has 0 spiro atoms. The van der Waals surface area contributed by atoms with E-state index in [4.69, 9.17) is 0 Å². The zero-order valence-electron chi connectivity index (χ0n) is 16.3. The number of nitro groups is 1. The third kappa shape index (κ3) is 3.40. The van der Waals surface area contributed by atoms with Gasteiger partial charge >= 0.3 is 5.69 Å². The fourth-order valence-electron chi connectivity index (χ4n) is 3.04. The highest BCUT2D eigenvalue weighted by Crippen LogP contribution is 2.29. The lowest BCUT2D eigenvalue weighted by atomic mass is 10.0. The number of fused-ring (bicyclic) bond motifs is 1. The van der Waals surface area contributed by atoms with Crippen LogP contribution in [-0.4, -0.2) is 24.9 Å². The maximum absolute atomic E-state index is 12.8. The molecular formula is C19H19N5O5. The van der Waals surface area contributed by atoms with Gasteiger partial charge in [-0.2, -0.15) is 0 Å². The van der Waals surface area contributed by atoms with E-state index in [1.54, 1.807) is 0 Å². The SMILES string of the molecule is CC(C)c1cnc2c(c1NC(=O)c1ccc([N+](=O)[O-])cc1)c(=O)n(C)c(=O)n2C. The molecule has 0 aliphatic carbocycles. The number of amides is 1. The first kappa shape index (κ1) is 19.9. The Bertz CT molecular complexity index is 1260. The van der Waals surface area contributed by atoms with Crippen molar-refractivity contribution >= 4 is 28.3 Å². The van der Waals surface area contributed by atoms with Crippen LogP contribution in [0.25, 0.3) is 11.0 Å². The van der Waals surface area contributed by atoms with Crippen molar-refractivity contribution in [1.82, 2.24) is 14.1 Å². The minimum absolute atomic E-state index is 0.0685. The van der Waals surface area contributed by atoms with Gasteiger partial charge in [0, 0.05) is 38.0 Å². The molecule has 10 nitrogen and oxygen atoms in total. The number of pyridine rings is 1. The Morgan fingerprint density at radius 2 is 1.76 bits per heavy atom. The van der Waals surface area contributed by atoms with Crippen molar-refractivity contribution in [2.24, 2.45) is 14.1 Å². The number of anilines is 1. The van der Waals surface area contributed by atoms with Crippen LogP contribution in [0.15, 0.2) is 40.1 Å². The van der Waals surface area contributed by atoms with Crippen molar-refractivity contribution in [2.45, 2.75) is 19.8 Å². The molecule has 0 saturated carbocycles. The van der Waals surface area contributed by atoms with E-state index in [0.717, 1.165) is 4.57 Å². The maximum atomic E-state index is 12.8. The summed E-state index contributed by atoms with van der Waals surface area (Å²) in [6, 6.07) is 5.12. The third-order valence-corrected chi connectivity index (χ3v) is 4.70. The lowest BCUT2D eigenvalue weighted by molar-refractivity contribution is -0.384. The van der Waals surface area contributed by atoms with Crippen molar-refractivity contribution in [2.75, 3.05) is 5.32 Å². The minimum Gasteiger partial charge on any atom is -0.321 e. The largest absolute Gasteiger partial charge is 0.332 e. The van der Waals surface area contributed by atoms with Gasteiger partial charge in [0.1, 0.15) is 5.39 Å². The summed E-state index contributed by atoms with van der Waals surface area (Å²) in [5.41, 5.74) is 0.00571. The molecule has 0 fully saturated rings. The summed E-state index contributed by atoms with van der Waals surface area (Å²) in [4.78, 5) is 52.3. The molecule has 0 aliphatic heterocycles. The number of nitro benzene ring substituents is 1. The lowest BCUT2D eigenvalue weighted by Crippen LogP contribution is -2.38. The van der Waals surface area contributed by atoms with Gasteiger partial charge < -0.3 is 5.32 Å². The smallest absolute Gasteiger partial charge is 0.321 e. The van der Waals surface area contributed by atoms with Gasteiger partial charge in [0.2, 0.25) is 0 Å². The number of hydrogen-bond donors (Lipinski definition) is 1. The fourth-order valence-corrected chi connectivity index (χ4v) is 3.04. The highest BCUT2D eigenvalue weighted by Gasteiger charge is 2.21. The molecule has 0 radical (unpaired) electrons. The molecule has 10 heteroatoms. The average molecular weight is 397 g/mol. The number of nitrogens with zero attached hydrogens (tertiary/aromatic N) is 4. The van der Waals surface area contributed by atoms with Gasteiger partial charge in [-0.3, -0.25) is 28.8 Å². The summed E-state index contributed by atoms with van der Waals surface area (Å²) in [6.07, 6.45) is 1.53. The van der Waals surface area contributed by atoms with Crippen LogP contribution in [0.3, 0.4) is 0 Å². The van der Waals surface area contributed by atoms with Crippen molar-refractivity contribution in [3.8, 4) is 0 Å². The lowest BCUT2D eigenvalue weighted by Gasteiger charge is -2.17. The van der Waals surface area contributed by atoms with Gasteiger partial charge in [0.05, 0.1) is 10.6 Å². The third-order valence-electron chi connectivity index (χ3n) is 4.70. The molecule has 0 bridgehead atoms. The number of benzene rings is 1. The van der Waals surface area contributed by atoms with E-state index in [0.29, 0.717) is 5.56 Å². The van der Waals surface area contributed by atoms with Crippen LogP contribution in [0.2, 0.25) is 0 Å². The number of aromatic nitrogens is 3. The standard InChI is InChI=1S/C19H19N5O5/c1-10(2)13-9-20-16-14(18(26)23(4)19(27)22(16)3)15(13)21-17(25)11-5-7-12(8-6-11)24(28)29/h5-10H,1-4H3,(H,20,21,25). The van der Waals surface area contributed by atoms with E-state index in [1.165, 1.54) is 49.1 Å². The average Bonchev–Trinajstić information content (AvgIpc) is 2.70. The second-order valence-corrected chi connectivity index (χ2v) is 6.91. The molecule has 29 heavy (non-hydrogen) atoms. The Labute approximate surface area is 164 Å². The summed E-state index contributed by atoms with van der Waals surface area (Å²) >= 11 is 0. The van der Waals surface area contributed by atoms with E-state index >= 15 is 0 Å². The first-order chi connectivity index (χ1) is 13.6. The van der Waals surface area contributed by atoms with Gasteiger partial charge in [-0.15, -0.1) is 0 Å². The topological polar surface area (TPSA) is 129 Å². The highest BCUT2D eigenvalue weighted by atomic mass is 16.6. The van der Waals surface area contributed by atoms with Crippen molar-refractivity contribution in [3.05, 3.63) is 72.5 Å². The number of non-ortho nitro benzene ring substituents is 1. The van der Waals surface area contributed by atoms with Crippen LogP contribution in [0.5, 0.6) is 0 Å². The first-order valence-electron chi connectivity index (χ1n) is 8.78. The Morgan fingerprint density at radius 1 is 1.14 bits per heavy atom. The Morgan fingerprint density at radius 3 is 2.31 bits per heavy atom. The molecule has 2 aromatic heterocycles. The van der Waals surface area contributed by atoms with Crippen molar-refractivity contribution in [3.63, 3.8) is 0 Å². The molecule has 0 atom stereocenters. The normalized spacial score (nSPS) is 11.1. The van der Waals surface area contributed by atoms with Gasteiger partial charge in [-0.05, 0) is 23.6 Å². The number of carbonyl (C=O) groups excluding carboxylic acids is 1. The molecule has 0 unspecified atom stereocenters. The Balaban J connectivity index is 2.20. The summed E-state index contributed by atoms with van der Waals surface area (Å²) in [5.74, 6) is -0.605. The number of aryl methyl sites for hydroxylation is 1. The molecule has 1 amide bonds.